The van der Waals surface area contributed by atoms with Crippen molar-refractivity contribution in [3.63, 3.8) is 0 Å². The van der Waals surface area contributed by atoms with Crippen molar-refractivity contribution in [2.24, 2.45) is 0 Å². The Morgan fingerprint density at radius 2 is 0.823 bits per heavy atom. The van der Waals surface area contributed by atoms with Crippen LogP contribution in [0.2, 0.25) is 0 Å². The molecular weight excluding hydrogens is 751 g/mol. The van der Waals surface area contributed by atoms with Crippen LogP contribution in [0.3, 0.4) is 0 Å². The predicted molar refractivity (Wildman–Crippen MR) is 263 cm³/mol. The molecule has 62 heavy (non-hydrogen) atoms. The molecule has 4 heteroatoms. The molecule has 3 heterocycles. The van der Waals surface area contributed by atoms with Gasteiger partial charge in [-0.3, -0.25) is 0 Å². The monoisotopic (exact) mass is 786 g/mol. The number of rotatable bonds is 3. The number of hydrogen-bond donors (Lipinski definition) is 0. The van der Waals surface area contributed by atoms with Crippen LogP contribution >= 0.6 is 0 Å². The normalized spacial score (nSPS) is 13.1. The molecule has 0 aliphatic carbocycles. The standard InChI is InChI=1S/C58H35BN2O/c1-3-16-41(17-4-1)60-51-34-47-38(28-26-36-14-7-9-20-43(36)47)30-49(51)59-50-31-39-29-27-37-15-8-10-21-44(37)48(39)35-52(50)61(42-18-5-2-6-19-42)54-33-40(32-53(60)58(54)59)45-23-13-25-56-57(45)46-22-11-12-24-55(46)62-56/h1-35H. The van der Waals surface area contributed by atoms with E-state index in [-0.39, 0.29) is 6.71 Å². The van der Waals surface area contributed by atoms with E-state index in [0.717, 1.165) is 44.4 Å². The maximum Gasteiger partial charge on any atom is 0.252 e. The topological polar surface area (TPSA) is 19.6 Å². The quantitative estimate of drug-likeness (QED) is 0.131. The smallest absolute Gasteiger partial charge is 0.252 e. The molecule has 0 radical (unpaired) electrons. The van der Waals surface area contributed by atoms with Gasteiger partial charge in [0.1, 0.15) is 11.2 Å². The van der Waals surface area contributed by atoms with Crippen molar-refractivity contribution in [3.05, 3.63) is 212 Å². The minimum atomic E-state index is -0.0451. The summed E-state index contributed by atoms with van der Waals surface area (Å²) in [5, 5.41) is 12.3. The lowest BCUT2D eigenvalue weighted by Gasteiger charge is -2.44. The van der Waals surface area contributed by atoms with Crippen molar-refractivity contribution in [1.82, 2.24) is 0 Å². The second-order valence-electron chi connectivity index (χ2n) is 16.8. The molecule has 14 rings (SSSR count). The summed E-state index contributed by atoms with van der Waals surface area (Å²) in [4.78, 5) is 5.07. The summed E-state index contributed by atoms with van der Waals surface area (Å²) in [6.45, 7) is -0.0451. The zero-order chi connectivity index (χ0) is 40.5. The predicted octanol–water partition coefficient (Wildman–Crippen LogP) is 13.9. The number of fused-ring (bicyclic) bond motifs is 13. The Labute approximate surface area is 358 Å². The molecular formula is C58H35BN2O. The van der Waals surface area contributed by atoms with Crippen LogP contribution in [-0.4, -0.2) is 6.71 Å². The van der Waals surface area contributed by atoms with E-state index >= 15 is 0 Å². The first-order valence-electron chi connectivity index (χ1n) is 21.4. The first kappa shape index (κ1) is 33.7. The molecule has 1 aromatic heterocycles. The van der Waals surface area contributed by atoms with Crippen molar-refractivity contribution < 1.29 is 4.42 Å². The van der Waals surface area contributed by atoms with Crippen LogP contribution in [0.4, 0.5) is 34.1 Å². The third kappa shape index (κ3) is 4.72. The summed E-state index contributed by atoms with van der Waals surface area (Å²) >= 11 is 0. The van der Waals surface area contributed by atoms with Gasteiger partial charge < -0.3 is 14.2 Å². The van der Waals surface area contributed by atoms with Crippen molar-refractivity contribution in [3.8, 4) is 11.1 Å². The molecule has 0 atom stereocenters. The number of furan rings is 1. The van der Waals surface area contributed by atoms with Gasteiger partial charge in [-0.15, -0.1) is 0 Å². The first-order chi connectivity index (χ1) is 30.7. The average molecular weight is 787 g/mol. The van der Waals surface area contributed by atoms with Crippen molar-refractivity contribution >= 4 is 122 Å². The van der Waals surface area contributed by atoms with Gasteiger partial charge in [0.2, 0.25) is 0 Å². The fourth-order valence-electron chi connectivity index (χ4n) is 10.9. The van der Waals surface area contributed by atoms with Crippen LogP contribution in [-0.2, 0) is 0 Å². The molecule has 0 spiro atoms. The third-order valence-corrected chi connectivity index (χ3v) is 13.5. The fourth-order valence-corrected chi connectivity index (χ4v) is 10.9. The fraction of sp³-hybridized carbons (Fsp3) is 0. The molecule has 0 N–H and O–H groups in total. The first-order valence-corrected chi connectivity index (χ1v) is 21.4. The van der Waals surface area contributed by atoms with Crippen LogP contribution in [0.25, 0.3) is 76.2 Å². The lowest BCUT2D eigenvalue weighted by molar-refractivity contribution is 0.669. The molecule has 3 nitrogen and oxygen atoms in total. The van der Waals surface area contributed by atoms with Gasteiger partial charge in [-0.1, -0.05) is 152 Å². The summed E-state index contributed by atoms with van der Waals surface area (Å²) in [6.07, 6.45) is 0. The van der Waals surface area contributed by atoms with Gasteiger partial charge in [0.05, 0.1) is 0 Å². The SMILES string of the molecule is c1ccc(N2c3cc4c(ccc5ccccc54)cc3B3c4cc5ccc6ccccc6c5cc4N(c4ccccc4)c4cc(-c5cccc6oc7ccccc7c56)cc2c43)cc1. The molecule has 0 fully saturated rings. The van der Waals surface area contributed by atoms with Gasteiger partial charge in [0.25, 0.3) is 6.71 Å². The molecule has 12 aromatic rings. The van der Waals surface area contributed by atoms with Crippen molar-refractivity contribution in [2.45, 2.75) is 0 Å². The number of para-hydroxylation sites is 3. The van der Waals surface area contributed by atoms with Gasteiger partial charge in [-0.25, -0.2) is 0 Å². The average Bonchev–Trinajstić information content (AvgIpc) is 3.72. The highest BCUT2D eigenvalue weighted by atomic mass is 16.3. The Balaban J connectivity index is 1.17. The molecule has 2 aliphatic heterocycles. The molecule has 286 valence electrons. The van der Waals surface area contributed by atoms with Crippen LogP contribution in [0.5, 0.6) is 0 Å². The van der Waals surface area contributed by atoms with E-state index in [1.807, 2.05) is 0 Å². The lowest BCUT2D eigenvalue weighted by atomic mass is 9.33. The summed E-state index contributed by atoms with van der Waals surface area (Å²) in [7, 11) is 0. The van der Waals surface area contributed by atoms with E-state index in [9.17, 15) is 0 Å². The van der Waals surface area contributed by atoms with Crippen molar-refractivity contribution in [2.75, 3.05) is 9.80 Å². The van der Waals surface area contributed by atoms with Gasteiger partial charge in [0.15, 0.2) is 0 Å². The minimum absolute atomic E-state index is 0.0451. The molecule has 0 amide bonds. The lowest BCUT2D eigenvalue weighted by Crippen LogP contribution is -2.61. The molecule has 0 bridgehead atoms. The number of nitrogens with zero attached hydrogens (tertiary/aromatic N) is 2. The summed E-state index contributed by atoms with van der Waals surface area (Å²) < 4.78 is 6.52. The van der Waals surface area contributed by atoms with Gasteiger partial charge in [0, 0.05) is 44.9 Å². The van der Waals surface area contributed by atoms with Crippen LogP contribution in [0, 0.1) is 0 Å². The zero-order valence-corrected chi connectivity index (χ0v) is 33.6. The highest BCUT2D eigenvalue weighted by Crippen LogP contribution is 2.49. The molecule has 11 aromatic carbocycles. The molecule has 0 unspecified atom stereocenters. The van der Waals surface area contributed by atoms with E-state index in [1.54, 1.807) is 0 Å². The largest absolute Gasteiger partial charge is 0.456 e. The van der Waals surface area contributed by atoms with Gasteiger partial charge in [-0.05, 0) is 131 Å². The van der Waals surface area contributed by atoms with Gasteiger partial charge in [-0.2, -0.15) is 0 Å². The highest BCUT2D eigenvalue weighted by Gasteiger charge is 2.44. The molecule has 0 saturated carbocycles. The van der Waals surface area contributed by atoms with E-state index < -0.39 is 0 Å². The second kappa shape index (κ2) is 12.7. The van der Waals surface area contributed by atoms with E-state index in [4.69, 9.17) is 4.42 Å². The third-order valence-electron chi connectivity index (χ3n) is 13.5. The Morgan fingerprint density at radius 1 is 0.339 bits per heavy atom. The van der Waals surface area contributed by atoms with Crippen LogP contribution < -0.4 is 26.2 Å². The Hall–Kier alpha value is -8.08. The van der Waals surface area contributed by atoms with E-state index in [0.29, 0.717) is 0 Å². The number of hydrogen-bond acceptors (Lipinski definition) is 3. The molecule has 0 saturated heterocycles. The van der Waals surface area contributed by atoms with Crippen LogP contribution in [0.15, 0.2) is 217 Å². The maximum atomic E-state index is 6.52. The minimum Gasteiger partial charge on any atom is -0.456 e. The zero-order valence-electron chi connectivity index (χ0n) is 33.6. The Bertz CT molecular complexity index is 3650. The van der Waals surface area contributed by atoms with Crippen LogP contribution in [0.1, 0.15) is 0 Å². The molecule has 2 aliphatic rings. The van der Waals surface area contributed by atoms with E-state index in [2.05, 4.69) is 222 Å². The second-order valence-corrected chi connectivity index (χ2v) is 16.8. The summed E-state index contributed by atoms with van der Waals surface area (Å²) in [5.41, 5.74) is 15.0. The van der Waals surface area contributed by atoms with Gasteiger partial charge >= 0.3 is 0 Å². The Morgan fingerprint density at radius 3 is 1.40 bits per heavy atom. The summed E-state index contributed by atoms with van der Waals surface area (Å²) in [5.74, 6) is 0. The Kier molecular flexibility index (Phi) is 6.92. The highest BCUT2D eigenvalue weighted by molar-refractivity contribution is 7.00. The maximum absolute atomic E-state index is 6.52. The van der Waals surface area contributed by atoms with Crippen molar-refractivity contribution in [1.29, 1.82) is 0 Å². The van der Waals surface area contributed by atoms with E-state index in [1.165, 1.54) is 82.2 Å². The number of anilines is 6. The summed E-state index contributed by atoms with van der Waals surface area (Å²) in [6, 6.07) is 78.4. The number of benzene rings is 11.